The maximum atomic E-state index is 13.2. The zero-order chi connectivity index (χ0) is 20.4. The van der Waals surface area contributed by atoms with E-state index in [0.29, 0.717) is 47.3 Å². The van der Waals surface area contributed by atoms with Gasteiger partial charge in [-0.05, 0) is 48.7 Å². The van der Waals surface area contributed by atoms with Gasteiger partial charge in [0.25, 0.3) is 0 Å². The average molecular weight is 392 g/mol. The normalized spacial score (nSPS) is 15.6. The molecule has 0 saturated carbocycles. The Balaban J connectivity index is 1.73. The number of methoxy groups -OCH3 is 1. The van der Waals surface area contributed by atoms with E-state index in [1.807, 2.05) is 31.2 Å². The van der Waals surface area contributed by atoms with Gasteiger partial charge in [-0.2, -0.15) is 4.98 Å². The molecule has 0 bridgehead atoms. The van der Waals surface area contributed by atoms with Crippen molar-refractivity contribution in [2.75, 3.05) is 17.7 Å². The predicted octanol–water partition coefficient (Wildman–Crippen LogP) is 4.88. The van der Waals surface area contributed by atoms with Crippen molar-refractivity contribution >= 4 is 28.9 Å². The van der Waals surface area contributed by atoms with Gasteiger partial charge in [0, 0.05) is 23.9 Å². The minimum Gasteiger partial charge on any atom is -0.497 e. The molecule has 1 heterocycles. The quantitative estimate of drug-likeness (QED) is 0.645. The minimum absolute atomic E-state index is 0.0105. The van der Waals surface area contributed by atoms with Crippen molar-refractivity contribution in [1.29, 1.82) is 0 Å². The fraction of sp³-hybridized carbons (Fsp3) is 0.227. The first-order valence-corrected chi connectivity index (χ1v) is 9.39. The third kappa shape index (κ3) is 4.18. The topological polar surface area (TPSA) is 76.1 Å². The number of Topliss-reactive ketones (excluding diaryl/α,β-unsaturated/α-hetero) is 1. The van der Waals surface area contributed by atoms with Crippen LogP contribution in [0.1, 0.15) is 29.4 Å². The van der Waals surface area contributed by atoms with Crippen molar-refractivity contribution in [3.8, 4) is 5.75 Å². The number of ether oxygens (including phenoxy) is 1. The van der Waals surface area contributed by atoms with Crippen LogP contribution in [0.4, 0.5) is 27.5 Å². The van der Waals surface area contributed by atoms with E-state index in [9.17, 15) is 9.18 Å². The van der Waals surface area contributed by atoms with Gasteiger partial charge in [0.1, 0.15) is 17.4 Å². The number of carbonyl (C=O) groups is 1. The van der Waals surface area contributed by atoms with Crippen LogP contribution in [0.5, 0.6) is 5.75 Å². The molecule has 2 aromatic carbocycles. The van der Waals surface area contributed by atoms with Crippen molar-refractivity contribution in [1.82, 2.24) is 9.97 Å². The van der Waals surface area contributed by atoms with E-state index in [1.165, 1.54) is 12.1 Å². The number of aromatic nitrogens is 2. The van der Waals surface area contributed by atoms with Crippen LogP contribution in [-0.2, 0) is 6.42 Å². The van der Waals surface area contributed by atoms with E-state index in [4.69, 9.17) is 4.74 Å². The first-order valence-electron chi connectivity index (χ1n) is 9.39. The molecule has 0 saturated heterocycles. The molecule has 1 aliphatic carbocycles. The fourth-order valence-electron chi connectivity index (χ4n) is 3.41. The summed E-state index contributed by atoms with van der Waals surface area (Å²) in [6.07, 6.45) is 1.14. The Bertz CT molecular complexity index is 1050. The highest BCUT2D eigenvalue weighted by atomic mass is 19.1. The largest absolute Gasteiger partial charge is 0.497 e. The summed E-state index contributed by atoms with van der Waals surface area (Å²) in [6.45, 7) is 2.03. The third-order valence-corrected chi connectivity index (χ3v) is 4.77. The second-order valence-electron chi connectivity index (χ2n) is 7.14. The predicted molar refractivity (Wildman–Crippen MR) is 110 cm³/mol. The average Bonchev–Trinajstić information content (AvgIpc) is 2.69. The number of ketones is 1. The second-order valence-corrected chi connectivity index (χ2v) is 7.14. The number of fused-ring (bicyclic) bond motifs is 1. The van der Waals surface area contributed by atoms with Gasteiger partial charge in [-0.15, -0.1) is 0 Å². The number of carbonyl (C=O) groups excluding carboxylic acids is 1. The van der Waals surface area contributed by atoms with E-state index in [1.54, 1.807) is 19.2 Å². The number of benzene rings is 2. The Morgan fingerprint density at radius 3 is 2.59 bits per heavy atom. The van der Waals surface area contributed by atoms with Gasteiger partial charge in [-0.3, -0.25) is 4.79 Å². The standard InChI is InChI=1S/C22H21FN4O2/c1-13-10-18-20(19(28)11-13)21(24-15-8-6-14(23)7-9-15)27-22(26-18)25-16-4-3-5-17(12-16)29-2/h3-9,12-13H,10-11H2,1-2H3,(H2,24,25,26,27). The summed E-state index contributed by atoms with van der Waals surface area (Å²) >= 11 is 0. The summed E-state index contributed by atoms with van der Waals surface area (Å²) in [5, 5.41) is 6.33. The first kappa shape index (κ1) is 18.9. The summed E-state index contributed by atoms with van der Waals surface area (Å²) in [6, 6.07) is 13.4. The van der Waals surface area contributed by atoms with Crippen molar-refractivity contribution in [2.24, 2.45) is 5.92 Å². The highest BCUT2D eigenvalue weighted by molar-refractivity contribution is 6.03. The molecule has 3 aromatic rings. The van der Waals surface area contributed by atoms with Gasteiger partial charge < -0.3 is 15.4 Å². The summed E-state index contributed by atoms with van der Waals surface area (Å²) in [5.74, 6) is 1.41. The maximum absolute atomic E-state index is 13.2. The molecule has 0 aliphatic heterocycles. The molecule has 29 heavy (non-hydrogen) atoms. The number of nitrogens with zero attached hydrogens (tertiary/aromatic N) is 2. The first-order chi connectivity index (χ1) is 14.0. The summed E-state index contributed by atoms with van der Waals surface area (Å²) < 4.78 is 18.5. The molecule has 0 spiro atoms. The van der Waals surface area contributed by atoms with Crippen LogP contribution in [0, 0.1) is 11.7 Å². The molecule has 0 amide bonds. The lowest BCUT2D eigenvalue weighted by atomic mass is 9.87. The van der Waals surface area contributed by atoms with Crippen molar-refractivity contribution in [3.63, 3.8) is 0 Å². The van der Waals surface area contributed by atoms with Crippen LogP contribution in [0.15, 0.2) is 48.5 Å². The molecule has 2 N–H and O–H groups in total. The molecule has 1 atom stereocenters. The molecule has 148 valence electrons. The maximum Gasteiger partial charge on any atom is 0.229 e. The van der Waals surface area contributed by atoms with Crippen LogP contribution < -0.4 is 15.4 Å². The smallest absolute Gasteiger partial charge is 0.229 e. The Labute approximate surface area is 168 Å². The molecular weight excluding hydrogens is 371 g/mol. The van der Waals surface area contributed by atoms with E-state index in [2.05, 4.69) is 20.6 Å². The Hall–Kier alpha value is -3.48. The van der Waals surface area contributed by atoms with Crippen molar-refractivity contribution < 1.29 is 13.9 Å². The number of anilines is 4. The third-order valence-electron chi connectivity index (χ3n) is 4.77. The van der Waals surface area contributed by atoms with Gasteiger partial charge in [-0.1, -0.05) is 13.0 Å². The monoisotopic (exact) mass is 392 g/mol. The molecule has 0 fully saturated rings. The van der Waals surface area contributed by atoms with E-state index in [-0.39, 0.29) is 17.5 Å². The molecular formula is C22H21FN4O2. The molecule has 1 aromatic heterocycles. The summed E-state index contributed by atoms with van der Waals surface area (Å²) in [7, 11) is 1.60. The SMILES string of the molecule is COc1cccc(Nc2nc3c(c(Nc4ccc(F)cc4)n2)C(=O)CC(C)C3)c1. The van der Waals surface area contributed by atoms with E-state index in [0.717, 1.165) is 5.69 Å². The lowest BCUT2D eigenvalue weighted by molar-refractivity contribution is 0.0953. The minimum atomic E-state index is -0.328. The van der Waals surface area contributed by atoms with Gasteiger partial charge >= 0.3 is 0 Å². The lowest BCUT2D eigenvalue weighted by Crippen LogP contribution is -2.22. The molecule has 4 rings (SSSR count). The van der Waals surface area contributed by atoms with E-state index >= 15 is 0 Å². The summed E-state index contributed by atoms with van der Waals surface area (Å²) in [4.78, 5) is 21.8. The molecule has 7 heteroatoms. The van der Waals surface area contributed by atoms with Crippen LogP contribution in [-0.4, -0.2) is 22.9 Å². The highest BCUT2D eigenvalue weighted by Crippen LogP contribution is 2.32. The number of rotatable bonds is 5. The van der Waals surface area contributed by atoms with Gasteiger partial charge in [0.2, 0.25) is 5.95 Å². The zero-order valence-electron chi connectivity index (χ0n) is 16.2. The Kier molecular flexibility index (Phi) is 5.12. The molecule has 0 radical (unpaired) electrons. The fourth-order valence-corrected chi connectivity index (χ4v) is 3.41. The number of nitrogens with one attached hydrogen (secondary N) is 2. The van der Waals surface area contributed by atoms with E-state index < -0.39 is 0 Å². The van der Waals surface area contributed by atoms with Crippen molar-refractivity contribution in [3.05, 3.63) is 65.6 Å². The van der Waals surface area contributed by atoms with Gasteiger partial charge in [-0.25, -0.2) is 9.37 Å². The van der Waals surface area contributed by atoms with Crippen molar-refractivity contribution in [2.45, 2.75) is 19.8 Å². The van der Waals surface area contributed by atoms with Crippen LogP contribution >= 0.6 is 0 Å². The van der Waals surface area contributed by atoms with Crippen LogP contribution in [0.3, 0.4) is 0 Å². The molecule has 1 unspecified atom stereocenters. The molecule has 6 nitrogen and oxygen atoms in total. The van der Waals surface area contributed by atoms with Gasteiger partial charge in [0.15, 0.2) is 5.78 Å². The Morgan fingerprint density at radius 1 is 1.03 bits per heavy atom. The van der Waals surface area contributed by atoms with Gasteiger partial charge in [0.05, 0.1) is 18.4 Å². The lowest BCUT2D eigenvalue weighted by Gasteiger charge is -2.23. The highest BCUT2D eigenvalue weighted by Gasteiger charge is 2.28. The molecule has 1 aliphatic rings. The number of halogens is 1. The summed E-state index contributed by atoms with van der Waals surface area (Å²) in [5.41, 5.74) is 2.63. The van der Waals surface area contributed by atoms with Crippen LogP contribution in [0.2, 0.25) is 0 Å². The Morgan fingerprint density at radius 2 is 1.83 bits per heavy atom. The number of hydrogen-bond acceptors (Lipinski definition) is 6. The number of hydrogen-bond donors (Lipinski definition) is 2. The zero-order valence-corrected chi connectivity index (χ0v) is 16.2. The second kappa shape index (κ2) is 7.87. The van der Waals surface area contributed by atoms with Crippen LogP contribution in [0.25, 0.3) is 0 Å².